The fraction of sp³-hybridized carbons (Fsp3) is 0.0526. The van der Waals surface area contributed by atoms with Crippen molar-refractivity contribution in [3.05, 3.63) is 75.6 Å². The molecular formula is C19H13BrFN5O3. The van der Waals surface area contributed by atoms with Crippen molar-refractivity contribution in [2.24, 2.45) is 0 Å². The number of nitrogens with zero attached hydrogens (tertiary/aromatic N) is 3. The molecule has 4 rings (SSSR count). The molecule has 0 bridgehead atoms. The Morgan fingerprint density at radius 1 is 1.24 bits per heavy atom. The van der Waals surface area contributed by atoms with E-state index in [1.165, 1.54) is 35.4 Å². The van der Waals surface area contributed by atoms with E-state index in [-0.39, 0.29) is 18.1 Å². The molecule has 0 unspecified atom stereocenters. The van der Waals surface area contributed by atoms with Gasteiger partial charge in [0.15, 0.2) is 12.3 Å². The Morgan fingerprint density at radius 3 is 2.79 bits per heavy atom. The van der Waals surface area contributed by atoms with Crippen LogP contribution in [0.2, 0.25) is 0 Å². The quantitative estimate of drug-likeness (QED) is 0.479. The second kappa shape index (κ2) is 7.84. The summed E-state index contributed by atoms with van der Waals surface area (Å²) in [7, 11) is 0. The third-order valence-corrected chi connectivity index (χ3v) is 4.64. The zero-order chi connectivity index (χ0) is 20.4. The maximum atomic E-state index is 13.1. The van der Waals surface area contributed by atoms with E-state index in [0.717, 1.165) is 0 Å². The normalized spacial score (nSPS) is 10.8. The fourth-order valence-electron chi connectivity index (χ4n) is 2.66. The van der Waals surface area contributed by atoms with Gasteiger partial charge < -0.3 is 15.0 Å². The molecular weight excluding hydrogens is 445 g/mol. The number of hydrogen-bond donors (Lipinski definition) is 2. The number of carbonyl (C=O) groups is 1. The van der Waals surface area contributed by atoms with Crippen molar-refractivity contribution in [1.29, 1.82) is 0 Å². The van der Waals surface area contributed by atoms with Gasteiger partial charge in [-0.1, -0.05) is 0 Å². The van der Waals surface area contributed by atoms with Crippen LogP contribution in [0, 0.1) is 5.82 Å². The standard InChI is InChI=1S/C19H13BrFN5O3/c20-15-7-11(21)1-6-16(15)29-9-17(27)25-12-2-4-13(5-3-12)26-18-14(8-24-26)19(28)23-10-22-18/h1-8,10H,9H2,(H,25,27)(H,22,23,28). The maximum absolute atomic E-state index is 13.1. The fourth-order valence-corrected chi connectivity index (χ4v) is 3.13. The lowest BCUT2D eigenvalue weighted by Gasteiger charge is -2.09. The molecule has 0 saturated carbocycles. The molecule has 29 heavy (non-hydrogen) atoms. The van der Waals surface area contributed by atoms with Crippen molar-refractivity contribution in [2.75, 3.05) is 11.9 Å². The predicted molar refractivity (Wildman–Crippen MR) is 108 cm³/mol. The van der Waals surface area contributed by atoms with Gasteiger partial charge in [0.25, 0.3) is 11.5 Å². The summed E-state index contributed by atoms with van der Waals surface area (Å²) >= 11 is 3.18. The van der Waals surface area contributed by atoms with E-state index in [4.69, 9.17) is 4.74 Å². The highest BCUT2D eigenvalue weighted by molar-refractivity contribution is 9.10. The van der Waals surface area contributed by atoms with E-state index in [2.05, 4.69) is 36.3 Å². The lowest BCUT2D eigenvalue weighted by Crippen LogP contribution is -2.20. The van der Waals surface area contributed by atoms with Crippen LogP contribution in [-0.2, 0) is 4.79 Å². The van der Waals surface area contributed by atoms with Gasteiger partial charge in [-0.25, -0.2) is 14.1 Å². The molecule has 0 spiro atoms. The second-order valence-electron chi connectivity index (χ2n) is 5.98. The molecule has 0 aliphatic heterocycles. The summed E-state index contributed by atoms with van der Waals surface area (Å²) in [5.41, 5.74) is 1.41. The van der Waals surface area contributed by atoms with Crippen molar-refractivity contribution in [1.82, 2.24) is 19.7 Å². The minimum atomic E-state index is -0.404. The molecule has 0 atom stereocenters. The van der Waals surface area contributed by atoms with Crippen LogP contribution >= 0.6 is 15.9 Å². The Hall–Kier alpha value is -3.53. The molecule has 0 fully saturated rings. The number of H-pyrrole nitrogens is 1. The van der Waals surface area contributed by atoms with Crippen LogP contribution in [0.25, 0.3) is 16.7 Å². The van der Waals surface area contributed by atoms with Gasteiger partial charge in [-0.2, -0.15) is 5.10 Å². The first kappa shape index (κ1) is 18.8. The van der Waals surface area contributed by atoms with Crippen LogP contribution in [0.5, 0.6) is 5.75 Å². The zero-order valence-corrected chi connectivity index (χ0v) is 16.3. The average Bonchev–Trinajstić information content (AvgIpc) is 3.13. The summed E-state index contributed by atoms with van der Waals surface area (Å²) < 4.78 is 20.4. The summed E-state index contributed by atoms with van der Waals surface area (Å²) in [5, 5.41) is 7.28. The highest BCUT2D eigenvalue weighted by Crippen LogP contribution is 2.25. The molecule has 0 aliphatic carbocycles. The molecule has 10 heteroatoms. The monoisotopic (exact) mass is 457 g/mol. The highest BCUT2D eigenvalue weighted by Gasteiger charge is 2.10. The lowest BCUT2D eigenvalue weighted by atomic mass is 10.2. The van der Waals surface area contributed by atoms with E-state index >= 15 is 0 Å². The van der Waals surface area contributed by atoms with Crippen LogP contribution in [0.1, 0.15) is 0 Å². The number of aromatic nitrogens is 4. The van der Waals surface area contributed by atoms with Gasteiger partial charge in [0.2, 0.25) is 0 Å². The first-order valence-corrected chi connectivity index (χ1v) is 9.20. The third kappa shape index (κ3) is 4.02. The van der Waals surface area contributed by atoms with Crippen LogP contribution in [0.3, 0.4) is 0 Å². The van der Waals surface area contributed by atoms with Crippen LogP contribution in [-0.4, -0.2) is 32.3 Å². The average molecular weight is 458 g/mol. The molecule has 2 aromatic heterocycles. The zero-order valence-electron chi connectivity index (χ0n) is 14.7. The number of hydrogen-bond acceptors (Lipinski definition) is 5. The van der Waals surface area contributed by atoms with E-state index in [9.17, 15) is 14.0 Å². The van der Waals surface area contributed by atoms with Crippen molar-refractivity contribution in [2.45, 2.75) is 0 Å². The number of aromatic amines is 1. The van der Waals surface area contributed by atoms with Gasteiger partial charge >= 0.3 is 0 Å². The number of benzene rings is 2. The minimum absolute atomic E-state index is 0.234. The van der Waals surface area contributed by atoms with Gasteiger partial charge in [0.1, 0.15) is 17.0 Å². The van der Waals surface area contributed by atoms with Crippen molar-refractivity contribution in [3.8, 4) is 11.4 Å². The molecule has 8 nitrogen and oxygen atoms in total. The number of rotatable bonds is 5. The van der Waals surface area contributed by atoms with E-state index in [1.807, 2.05) is 0 Å². The summed E-state index contributed by atoms with van der Waals surface area (Å²) in [5.74, 6) is -0.407. The second-order valence-corrected chi connectivity index (χ2v) is 6.84. The Balaban J connectivity index is 1.43. The molecule has 0 aliphatic rings. The number of amides is 1. The number of ether oxygens (including phenoxy) is 1. The summed E-state index contributed by atoms with van der Waals surface area (Å²) in [6.07, 6.45) is 2.76. The molecule has 1 amide bonds. The predicted octanol–water partition coefficient (Wildman–Crippen LogP) is 3.03. The topological polar surface area (TPSA) is 102 Å². The summed E-state index contributed by atoms with van der Waals surface area (Å²) in [6, 6.07) is 10.8. The summed E-state index contributed by atoms with van der Waals surface area (Å²) in [4.78, 5) is 30.5. The van der Waals surface area contributed by atoms with Crippen molar-refractivity contribution in [3.63, 3.8) is 0 Å². The van der Waals surface area contributed by atoms with E-state index in [1.54, 1.807) is 24.3 Å². The SMILES string of the molecule is O=C(COc1ccc(F)cc1Br)Nc1ccc(-n2ncc3c(=O)[nH]cnc32)cc1. The maximum Gasteiger partial charge on any atom is 0.262 e. The molecule has 2 heterocycles. The van der Waals surface area contributed by atoms with Crippen LogP contribution in [0.15, 0.2) is 64.3 Å². The van der Waals surface area contributed by atoms with Crippen LogP contribution < -0.4 is 15.6 Å². The molecule has 0 radical (unpaired) electrons. The minimum Gasteiger partial charge on any atom is -0.483 e. The third-order valence-electron chi connectivity index (χ3n) is 4.02. The number of carbonyl (C=O) groups excluding carboxylic acids is 1. The first-order valence-electron chi connectivity index (χ1n) is 8.41. The molecule has 0 saturated heterocycles. The Morgan fingerprint density at radius 2 is 2.03 bits per heavy atom. The van der Waals surface area contributed by atoms with Gasteiger partial charge in [-0.05, 0) is 58.4 Å². The Labute approximate surface area is 171 Å². The number of fused-ring (bicyclic) bond motifs is 1. The number of anilines is 1. The first-order chi connectivity index (χ1) is 14.0. The number of halogens is 2. The van der Waals surface area contributed by atoms with Gasteiger partial charge in [-0.15, -0.1) is 0 Å². The molecule has 4 aromatic rings. The number of nitrogens with one attached hydrogen (secondary N) is 2. The molecule has 2 N–H and O–H groups in total. The van der Waals surface area contributed by atoms with Gasteiger partial charge in [0.05, 0.1) is 22.7 Å². The highest BCUT2D eigenvalue weighted by atomic mass is 79.9. The lowest BCUT2D eigenvalue weighted by molar-refractivity contribution is -0.118. The largest absolute Gasteiger partial charge is 0.483 e. The smallest absolute Gasteiger partial charge is 0.262 e. The van der Waals surface area contributed by atoms with Crippen molar-refractivity contribution >= 4 is 38.6 Å². The Bertz CT molecular complexity index is 1250. The van der Waals surface area contributed by atoms with Crippen LogP contribution in [0.4, 0.5) is 10.1 Å². The molecule has 146 valence electrons. The van der Waals surface area contributed by atoms with Crippen molar-refractivity contribution < 1.29 is 13.9 Å². The van der Waals surface area contributed by atoms with Gasteiger partial charge in [-0.3, -0.25) is 9.59 Å². The molecule has 2 aromatic carbocycles. The summed E-state index contributed by atoms with van der Waals surface area (Å²) in [6.45, 7) is -0.234. The van der Waals surface area contributed by atoms with E-state index < -0.39 is 5.82 Å². The Kier molecular flexibility index (Phi) is 5.09. The van der Waals surface area contributed by atoms with Gasteiger partial charge in [0, 0.05) is 5.69 Å². The van der Waals surface area contributed by atoms with E-state index in [0.29, 0.717) is 32.6 Å².